The highest BCUT2D eigenvalue weighted by molar-refractivity contribution is 5.87. The molecule has 1 saturated heterocycles. The highest BCUT2D eigenvalue weighted by Gasteiger charge is 2.35. The Morgan fingerprint density at radius 3 is 2.11 bits per heavy atom. The van der Waals surface area contributed by atoms with Gasteiger partial charge in [0, 0.05) is 26.2 Å². The van der Waals surface area contributed by atoms with Crippen LogP contribution in [0.5, 0.6) is 5.75 Å². The zero-order valence-corrected chi connectivity index (χ0v) is 17.3. The summed E-state index contributed by atoms with van der Waals surface area (Å²) in [5.41, 5.74) is 7.28. The summed E-state index contributed by atoms with van der Waals surface area (Å²) in [6, 6.07) is 17.5. The maximum absolute atomic E-state index is 12.9. The molecule has 0 aromatic heterocycles. The molecule has 1 amide bonds. The second kappa shape index (κ2) is 9.83. The summed E-state index contributed by atoms with van der Waals surface area (Å²) in [6.07, 6.45) is 0. The van der Waals surface area contributed by atoms with Gasteiger partial charge in [0.1, 0.15) is 11.3 Å². The second-order valence-electron chi connectivity index (χ2n) is 6.52. The number of hydrogen-bond acceptors (Lipinski definition) is 4. The number of ether oxygens (including phenoxy) is 1. The maximum atomic E-state index is 12.9. The van der Waals surface area contributed by atoms with E-state index in [1.165, 1.54) is 0 Å². The van der Waals surface area contributed by atoms with Crippen molar-refractivity contribution in [2.45, 2.75) is 12.5 Å². The minimum absolute atomic E-state index is 0. The van der Waals surface area contributed by atoms with Crippen molar-refractivity contribution in [3.63, 3.8) is 0 Å². The van der Waals surface area contributed by atoms with Crippen LogP contribution < -0.4 is 15.4 Å². The van der Waals surface area contributed by atoms with E-state index in [0.29, 0.717) is 13.1 Å². The largest absolute Gasteiger partial charge is 0.495 e. The van der Waals surface area contributed by atoms with E-state index in [1.807, 2.05) is 59.5 Å². The van der Waals surface area contributed by atoms with Gasteiger partial charge in [-0.15, -0.1) is 24.8 Å². The molecule has 1 fully saturated rings. The lowest BCUT2D eigenvalue weighted by molar-refractivity contribution is -0.137. The minimum atomic E-state index is -1.01. The Bertz CT molecular complexity index is 733. The number of methoxy groups -OCH3 is 1. The molecular formula is C20H27Cl2N3O2. The monoisotopic (exact) mass is 411 g/mol. The van der Waals surface area contributed by atoms with Gasteiger partial charge in [-0.1, -0.05) is 42.5 Å². The molecule has 148 valence electrons. The number of carbonyl (C=O) groups is 1. The Morgan fingerprint density at radius 1 is 0.963 bits per heavy atom. The quantitative estimate of drug-likeness (QED) is 0.839. The number of para-hydroxylation sites is 2. The van der Waals surface area contributed by atoms with Gasteiger partial charge in [-0.05, 0) is 24.6 Å². The van der Waals surface area contributed by atoms with E-state index < -0.39 is 5.54 Å². The van der Waals surface area contributed by atoms with Crippen molar-refractivity contribution in [1.82, 2.24) is 4.90 Å². The van der Waals surface area contributed by atoms with E-state index in [4.69, 9.17) is 10.5 Å². The molecule has 1 aliphatic heterocycles. The number of anilines is 1. The molecule has 1 atom stereocenters. The first-order valence-corrected chi connectivity index (χ1v) is 8.56. The molecule has 5 nitrogen and oxygen atoms in total. The van der Waals surface area contributed by atoms with Crippen LogP contribution in [0.25, 0.3) is 0 Å². The standard InChI is InChI=1S/C20H25N3O2.2ClH/c1-20(21,16-8-4-3-5-9-16)19(24)23-14-12-22(13-15-23)17-10-6-7-11-18(17)25-2;;/h3-11H,12-15,21H2,1-2H3;2*1H. The van der Waals surface area contributed by atoms with Crippen molar-refractivity contribution in [2.24, 2.45) is 5.73 Å². The number of amides is 1. The molecule has 0 saturated carbocycles. The minimum Gasteiger partial charge on any atom is -0.495 e. The van der Waals surface area contributed by atoms with Crippen molar-refractivity contribution in [3.05, 3.63) is 60.2 Å². The van der Waals surface area contributed by atoms with E-state index in [0.717, 1.165) is 30.1 Å². The third-order valence-corrected chi connectivity index (χ3v) is 4.81. The van der Waals surface area contributed by atoms with Crippen molar-refractivity contribution in [1.29, 1.82) is 0 Å². The molecule has 7 heteroatoms. The maximum Gasteiger partial charge on any atom is 0.247 e. The summed E-state index contributed by atoms with van der Waals surface area (Å²) >= 11 is 0. The highest BCUT2D eigenvalue weighted by Crippen LogP contribution is 2.29. The molecule has 1 heterocycles. The fourth-order valence-corrected chi connectivity index (χ4v) is 3.28. The number of halogens is 2. The van der Waals surface area contributed by atoms with Gasteiger partial charge in [0.25, 0.3) is 0 Å². The zero-order chi connectivity index (χ0) is 17.9. The Balaban J connectivity index is 0.00000182. The fourth-order valence-electron chi connectivity index (χ4n) is 3.28. The third-order valence-electron chi connectivity index (χ3n) is 4.81. The summed E-state index contributed by atoms with van der Waals surface area (Å²) in [5, 5.41) is 0. The van der Waals surface area contributed by atoms with Crippen LogP contribution in [0.4, 0.5) is 5.69 Å². The molecule has 3 rings (SSSR count). The number of nitrogens with zero attached hydrogens (tertiary/aromatic N) is 2. The topological polar surface area (TPSA) is 58.8 Å². The first-order valence-electron chi connectivity index (χ1n) is 8.56. The van der Waals surface area contributed by atoms with Crippen LogP contribution in [0, 0.1) is 0 Å². The number of hydrogen-bond donors (Lipinski definition) is 1. The number of benzene rings is 2. The molecule has 1 unspecified atom stereocenters. The number of nitrogens with two attached hydrogens (primary N) is 1. The van der Waals surface area contributed by atoms with Crippen LogP contribution in [0.15, 0.2) is 54.6 Å². The molecule has 2 aromatic rings. The SMILES string of the molecule is COc1ccccc1N1CCN(C(=O)C(C)(N)c2ccccc2)CC1.Cl.Cl. The Hall–Kier alpha value is -1.95. The Morgan fingerprint density at radius 2 is 1.52 bits per heavy atom. The lowest BCUT2D eigenvalue weighted by atomic mass is 9.91. The average molecular weight is 412 g/mol. The summed E-state index contributed by atoms with van der Waals surface area (Å²) in [5.74, 6) is 0.827. The van der Waals surface area contributed by atoms with Crippen LogP contribution in [-0.4, -0.2) is 44.1 Å². The lowest BCUT2D eigenvalue weighted by Crippen LogP contribution is -2.56. The van der Waals surface area contributed by atoms with Gasteiger partial charge in [0.15, 0.2) is 0 Å². The van der Waals surface area contributed by atoms with Crippen LogP contribution >= 0.6 is 24.8 Å². The number of carbonyl (C=O) groups excluding carboxylic acids is 1. The normalized spacial score (nSPS) is 15.8. The van der Waals surface area contributed by atoms with Crippen molar-refractivity contribution >= 4 is 36.4 Å². The van der Waals surface area contributed by atoms with Crippen LogP contribution in [0.3, 0.4) is 0 Å². The van der Waals surface area contributed by atoms with Crippen molar-refractivity contribution < 1.29 is 9.53 Å². The average Bonchev–Trinajstić information content (AvgIpc) is 2.68. The lowest BCUT2D eigenvalue weighted by Gasteiger charge is -2.39. The van der Waals surface area contributed by atoms with E-state index >= 15 is 0 Å². The van der Waals surface area contributed by atoms with E-state index in [9.17, 15) is 4.79 Å². The van der Waals surface area contributed by atoms with Gasteiger partial charge in [-0.25, -0.2) is 0 Å². The predicted octanol–water partition coefficient (Wildman–Crippen LogP) is 3.06. The molecule has 1 aliphatic rings. The highest BCUT2D eigenvalue weighted by atomic mass is 35.5. The van der Waals surface area contributed by atoms with Gasteiger partial charge in [0.2, 0.25) is 5.91 Å². The molecule has 0 bridgehead atoms. The Labute approximate surface area is 173 Å². The van der Waals surface area contributed by atoms with E-state index in [1.54, 1.807) is 14.0 Å². The summed E-state index contributed by atoms with van der Waals surface area (Å²) in [6.45, 7) is 4.61. The molecular weight excluding hydrogens is 385 g/mol. The molecule has 27 heavy (non-hydrogen) atoms. The van der Waals surface area contributed by atoms with Gasteiger partial charge >= 0.3 is 0 Å². The van der Waals surface area contributed by atoms with Gasteiger partial charge in [0.05, 0.1) is 12.8 Å². The van der Waals surface area contributed by atoms with Crippen LogP contribution in [0.2, 0.25) is 0 Å². The molecule has 2 aromatic carbocycles. The van der Waals surface area contributed by atoms with Crippen molar-refractivity contribution in [2.75, 3.05) is 38.2 Å². The summed E-state index contributed by atoms with van der Waals surface area (Å²) in [7, 11) is 1.68. The molecule has 0 spiro atoms. The smallest absolute Gasteiger partial charge is 0.247 e. The van der Waals surface area contributed by atoms with Gasteiger partial charge < -0.3 is 20.3 Å². The van der Waals surface area contributed by atoms with Crippen LogP contribution in [0.1, 0.15) is 12.5 Å². The summed E-state index contributed by atoms with van der Waals surface area (Å²) in [4.78, 5) is 17.1. The van der Waals surface area contributed by atoms with E-state index in [-0.39, 0.29) is 30.7 Å². The number of piperazine rings is 1. The van der Waals surface area contributed by atoms with Gasteiger partial charge in [-0.2, -0.15) is 0 Å². The predicted molar refractivity (Wildman–Crippen MR) is 114 cm³/mol. The summed E-state index contributed by atoms with van der Waals surface area (Å²) < 4.78 is 5.44. The third kappa shape index (κ3) is 4.86. The van der Waals surface area contributed by atoms with E-state index in [2.05, 4.69) is 4.90 Å². The molecule has 0 radical (unpaired) electrons. The first-order chi connectivity index (χ1) is 12.0. The molecule has 0 aliphatic carbocycles. The number of rotatable bonds is 4. The zero-order valence-electron chi connectivity index (χ0n) is 15.6. The Kier molecular flexibility index (Phi) is 8.41. The molecule has 2 N–H and O–H groups in total. The fraction of sp³-hybridized carbons (Fsp3) is 0.350. The van der Waals surface area contributed by atoms with Crippen molar-refractivity contribution in [3.8, 4) is 5.75 Å². The first kappa shape index (κ1) is 23.1. The second-order valence-corrected chi connectivity index (χ2v) is 6.52. The van der Waals surface area contributed by atoms with Gasteiger partial charge in [-0.3, -0.25) is 4.79 Å². The van der Waals surface area contributed by atoms with Crippen LogP contribution in [-0.2, 0) is 10.3 Å².